The highest BCUT2D eigenvalue weighted by Gasteiger charge is 2.47. The number of carbonyl (C=O) groups excluding carboxylic acids is 3. The molecule has 194 valence electrons. The van der Waals surface area contributed by atoms with E-state index in [2.05, 4.69) is 16.0 Å². The summed E-state index contributed by atoms with van der Waals surface area (Å²) in [5.74, 6) is -2.64. The SMILES string of the molecule is O=C1CCC(N2Cc3c(NC4(CC5CC5)CCC(NC5CC(F)(F)C5)CC4)cccc3C2=O)C(=O)N1. The Balaban J connectivity index is 1.16. The van der Waals surface area contributed by atoms with E-state index in [4.69, 9.17) is 0 Å². The molecular formula is C27H34F2N4O3. The van der Waals surface area contributed by atoms with Crippen LogP contribution < -0.4 is 16.0 Å². The molecule has 9 heteroatoms. The predicted molar refractivity (Wildman–Crippen MR) is 130 cm³/mol. The molecule has 3 saturated carbocycles. The average molecular weight is 501 g/mol. The lowest BCUT2D eigenvalue weighted by molar-refractivity contribution is -0.136. The van der Waals surface area contributed by atoms with Crippen molar-refractivity contribution < 1.29 is 23.2 Å². The fourth-order valence-electron chi connectivity index (χ4n) is 6.69. The summed E-state index contributed by atoms with van der Waals surface area (Å²) in [6.07, 6.45) is 7.85. The average Bonchev–Trinajstić information content (AvgIpc) is 3.56. The van der Waals surface area contributed by atoms with Crippen LogP contribution in [0.15, 0.2) is 18.2 Å². The Morgan fingerprint density at radius 2 is 1.75 bits per heavy atom. The standard InChI is InChI=1S/C27H34F2N4O3/c28-27(29)13-18(14-27)30-17-8-10-26(11-9-17,12-16-4-5-16)32-21-3-1-2-19-20(21)15-33(25(19)36)22-6-7-23(34)31-24(22)35/h1-3,16-18,22,30,32H,4-15H2,(H,31,34,35). The number of nitrogens with zero attached hydrogens (tertiary/aromatic N) is 1. The van der Waals surface area contributed by atoms with E-state index in [-0.39, 0.29) is 48.7 Å². The molecule has 0 aromatic heterocycles. The number of piperidine rings is 1. The Bertz CT molecular complexity index is 1070. The lowest BCUT2D eigenvalue weighted by Gasteiger charge is -2.45. The van der Waals surface area contributed by atoms with E-state index in [9.17, 15) is 23.2 Å². The van der Waals surface area contributed by atoms with Crippen molar-refractivity contribution in [1.82, 2.24) is 15.5 Å². The molecule has 1 aromatic carbocycles. The van der Waals surface area contributed by atoms with Crippen molar-refractivity contribution in [1.29, 1.82) is 0 Å². The smallest absolute Gasteiger partial charge is 0.255 e. The van der Waals surface area contributed by atoms with E-state index in [1.165, 1.54) is 12.8 Å². The summed E-state index contributed by atoms with van der Waals surface area (Å²) >= 11 is 0. The number of alkyl halides is 2. The topological polar surface area (TPSA) is 90.5 Å². The van der Waals surface area contributed by atoms with Gasteiger partial charge in [-0.1, -0.05) is 18.9 Å². The van der Waals surface area contributed by atoms with Crippen LogP contribution in [0.4, 0.5) is 14.5 Å². The van der Waals surface area contributed by atoms with Gasteiger partial charge in [-0.05, 0) is 56.6 Å². The number of rotatable bonds is 7. The lowest BCUT2D eigenvalue weighted by atomic mass is 9.75. The Hall–Kier alpha value is -2.55. The monoisotopic (exact) mass is 500 g/mol. The molecule has 0 radical (unpaired) electrons. The van der Waals surface area contributed by atoms with Crippen LogP contribution in [-0.2, 0) is 16.1 Å². The maximum Gasteiger partial charge on any atom is 0.255 e. The zero-order chi connectivity index (χ0) is 25.1. The summed E-state index contributed by atoms with van der Waals surface area (Å²) in [5.41, 5.74) is 2.40. The van der Waals surface area contributed by atoms with Gasteiger partial charge in [-0.25, -0.2) is 8.78 Å². The minimum absolute atomic E-state index is 0.0528. The molecule has 7 nitrogen and oxygen atoms in total. The number of imide groups is 1. The van der Waals surface area contributed by atoms with Crippen LogP contribution in [-0.4, -0.2) is 52.2 Å². The van der Waals surface area contributed by atoms with Crippen LogP contribution >= 0.6 is 0 Å². The second-order valence-corrected chi connectivity index (χ2v) is 11.7. The van der Waals surface area contributed by atoms with E-state index >= 15 is 0 Å². The first kappa shape index (κ1) is 23.8. The van der Waals surface area contributed by atoms with E-state index in [0.29, 0.717) is 24.4 Å². The molecule has 2 heterocycles. The van der Waals surface area contributed by atoms with Gasteiger partial charge < -0.3 is 15.5 Å². The second-order valence-electron chi connectivity index (χ2n) is 11.7. The summed E-state index contributed by atoms with van der Waals surface area (Å²) in [4.78, 5) is 38.9. The van der Waals surface area contributed by atoms with Crippen LogP contribution in [0.25, 0.3) is 0 Å². The van der Waals surface area contributed by atoms with Crippen molar-refractivity contribution in [2.75, 3.05) is 5.32 Å². The van der Waals surface area contributed by atoms with Gasteiger partial charge in [0.1, 0.15) is 6.04 Å². The molecule has 1 atom stereocenters. The number of hydrogen-bond donors (Lipinski definition) is 3. The highest BCUT2D eigenvalue weighted by molar-refractivity contribution is 6.06. The van der Waals surface area contributed by atoms with E-state index in [1.807, 2.05) is 18.2 Å². The first-order valence-corrected chi connectivity index (χ1v) is 13.4. The Morgan fingerprint density at radius 1 is 1.00 bits per heavy atom. The Morgan fingerprint density at radius 3 is 2.42 bits per heavy atom. The van der Waals surface area contributed by atoms with Gasteiger partial charge in [-0.2, -0.15) is 0 Å². The molecule has 5 aliphatic rings. The molecule has 36 heavy (non-hydrogen) atoms. The molecule has 0 bridgehead atoms. The van der Waals surface area contributed by atoms with E-state index < -0.39 is 17.9 Å². The Kier molecular flexibility index (Phi) is 5.81. The second kappa shape index (κ2) is 8.78. The molecular weight excluding hydrogens is 466 g/mol. The predicted octanol–water partition coefficient (Wildman–Crippen LogP) is 3.73. The van der Waals surface area contributed by atoms with Crippen molar-refractivity contribution in [3.05, 3.63) is 29.3 Å². The molecule has 1 saturated heterocycles. The number of hydrogen-bond acceptors (Lipinski definition) is 5. The van der Waals surface area contributed by atoms with Crippen molar-refractivity contribution in [2.24, 2.45) is 5.92 Å². The van der Waals surface area contributed by atoms with Gasteiger partial charge in [0.15, 0.2) is 0 Å². The third kappa shape index (κ3) is 4.62. The highest BCUT2D eigenvalue weighted by Crippen LogP contribution is 2.46. The summed E-state index contributed by atoms with van der Waals surface area (Å²) in [6.45, 7) is 0.350. The maximum absolute atomic E-state index is 13.3. The van der Waals surface area contributed by atoms with Crippen LogP contribution in [0.1, 0.15) is 86.6 Å². The van der Waals surface area contributed by atoms with E-state index in [0.717, 1.165) is 43.4 Å². The maximum atomic E-state index is 13.3. The van der Waals surface area contributed by atoms with Crippen molar-refractivity contribution in [2.45, 2.75) is 107 Å². The fourth-order valence-corrected chi connectivity index (χ4v) is 6.69. The van der Waals surface area contributed by atoms with Crippen LogP contribution in [0.3, 0.4) is 0 Å². The van der Waals surface area contributed by atoms with Crippen LogP contribution in [0.2, 0.25) is 0 Å². The summed E-state index contributed by atoms with van der Waals surface area (Å²) in [6, 6.07) is 5.30. The lowest BCUT2D eigenvalue weighted by Crippen LogP contribution is -2.54. The van der Waals surface area contributed by atoms with Crippen molar-refractivity contribution in [3.8, 4) is 0 Å². The minimum atomic E-state index is -2.50. The van der Waals surface area contributed by atoms with Gasteiger partial charge in [0.2, 0.25) is 11.8 Å². The van der Waals surface area contributed by atoms with Gasteiger partial charge in [0.25, 0.3) is 11.8 Å². The third-order valence-electron chi connectivity index (χ3n) is 8.86. The number of halogens is 2. The molecule has 1 aromatic rings. The van der Waals surface area contributed by atoms with Crippen LogP contribution in [0.5, 0.6) is 0 Å². The number of fused-ring (bicyclic) bond motifs is 1. The number of nitrogens with one attached hydrogen (secondary N) is 3. The fraction of sp³-hybridized carbons (Fsp3) is 0.667. The first-order valence-electron chi connectivity index (χ1n) is 13.4. The summed E-state index contributed by atoms with van der Waals surface area (Å²) in [5, 5.41) is 9.68. The molecule has 6 rings (SSSR count). The third-order valence-corrected chi connectivity index (χ3v) is 8.86. The van der Waals surface area contributed by atoms with Gasteiger partial charge in [-0.15, -0.1) is 0 Å². The van der Waals surface area contributed by atoms with Crippen molar-refractivity contribution >= 4 is 23.4 Å². The number of benzene rings is 1. The van der Waals surface area contributed by atoms with Crippen LogP contribution in [0, 0.1) is 5.92 Å². The summed E-state index contributed by atoms with van der Waals surface area (Å²) < 4.78 is 26.5. The number of carbonyl (C=O) groups is 3. The Labute approximate surface area is 209 Å². The zero-order valence-electron chi connectivity index (χ0n) is 20.5. The number of amides is 3. The quantitative estimate of drug-likeness (QED) is 0.497. The van der Waals surface area contributed by atoms with Gasteiger partial charge in [-0.3, -0.25) is 19.7 Å². The molecule has 2 aliphatic heterocycles. The van der Waals surface area contributed by atoms with E-state index in [1.54, 1.807) is 4.90 Å². The molecule has 3 amide bonds. The largest absolute Gasteiger partial charge is 0.379 e. The summed E-state index contributed by atoms with van der Waals surface area (Å²) in [7, 11) is 0. The number of anilines is 1. The minimum Gasteiger partial charge on any atom is -0.379 e. The van der Waals surface area contributed by atoms with Crippen molar-refractivity contribution in [3.63, 3.8) is 0 Å². The molecule has 0 spiro atoms. The van der Waals surface area contributed by atoms with Gasteiger partial charge >= 0.3 is 0 Å². The normalized spacial score (nSPS) is 32.2. The zero-order valence-corrected chi connectivity index (χ0v) is 20.5. The van der Waals surface area contributed by atoms with Gasteiger partial charge in [0, 0.05) is 60.2 Å². The van der Waals surface area contributed by atoms with Gasteiger partial charge in [0.05, 0.1) is 0 Å². The molecule has 1 unspecified atom stereocenters. The molecule has 3 N–H and O–H groups in total. The molecule has 3 aliphatic carbocycles. The highest BCUT2D eigenvalue weighted by atomic mass is 19.3. The molecule has 4 fully saturated rings. The first-order chi connectivity index (χ1) is 17.2.